The Hall–Kier alpha value is -1.36. The van der Waals surface area contributed by atoms with E-state index in [9.17, 15) is 4.79 Å². The quantitative estimate of drug-likeness (QED) is 0.889. The number of imidazole rings is 1. The van der Waals surface area contributed by atoms with Gasteiger partial charge in [0.25, 0.3) is 0 Å². The summed E-state index contributed by atoms with van der Waals surface area (Å²) in [5, 5.41) is 6.60. The number of aromatic nitrogens is 2. The summed E-state index contributed by atoms with van der Waals surface area (Å²) in [6.45, 7) is 10.3. The van der Waals surface area contributed by atoms with E-state index in [1.807, 2.05) is 10.8 Å². The van der Waals surface area contributed by atoms with E-state index in [2.05, 4.69) is 43.3 Å². The Labute approximate surface area is 127 Å². The van der Waals surface area contributed by atoms with Gasteiger partial charge in [0.05, 0.1) is 18.4 Å². The number of carbonyl (C=O) groups excluding carboxylic acids is 1. The van der Waals surface area contributed by atoms with Crippen LogP contribution >= 0.6 is 0 Å². The number of hydrogen-bond acceptors (Lipinski definition) is 3. The van der Waals surface area contributed by atoms with Crippen LogP contribution in [0.3, 0.4) is 0 Å². The summed E-state index contributed by atoms with van der Waals surface area (Å²) in [7, 11) is 0. The number of nitrogens with zero attached hydrogens (tertiary/aromatic N) is 2. The largest absolute Gasteiger partial charge is 0.350 e. The van der Waals surface area contributed by atoms with E-state index in [1.165, 1.54) is 0 Å². The van der Waals surface area contributed by atoms with Gasteiger partial charge in [0.1, 0.15) is 0 Å². The maximum atomic E-state index is 12.6. The molecule has 1 aromatic rings. The summed E-state index contributed by atoms with van der Waals surface area (Å²) in [5.74, 6) is 0.523. The van der Waals surface area contributed by atoms with Gasteiger partial charge in [-0.2, -0.15) is 0 Å². The first kappa shape index (κ1) is 16.0. The summed E-state index contributed by atoms with van der Waals surface area (Å²) in [5.41, 5.74) is -0.00215. The van der Waals surface area contributed by atoms with Gasteiger partial charge in [-0.15, -0.1) is 0 Å². The molecule has 1 aromatic heterocycles. The Bertz CT molecular complexity index is 449. The second kappa shape index (κ2) is 6.60. The maximum Gasteiger partial charge on any atom is 0.237 e. The fraction of sp³-hybridized carbons (Fsp3) is 0.750. The van der Waals surface area contributed by atoms with Crippen molar-refractivity contribution < 1.29 is 4.79 Å². The number of piperidine rings is 1. The molecular formula is C16H28N4O. The third-order valence-corrected chi connectivity index (χ3v) is 4.37. The SMILES string of the molecule is CC1CCCNC1C(=O)NC(Cn1ccnc1)C(C)(C)C. The first-order valence-electron chi connectivity index (χ1n) is 7.87. The molecule has 21 heavy (non-hydrogen) atoms. The van der Waals surface area contributed by atoms with Gasteiger partial charge < -0.3 is 15.2 Å². The minimum Gasteiger partial charge on any atom is -0.350 e. The highest BCUT2D eigenvalue weighted by molar-refractivity contribution is 5.82. The third-order valence-electron chi connectivity index (χ3n) is 4.37. The standard InChI is InChI=1S/C16H28N4O/c1-12-6-5-7-18-14(12)15(21)19-13(16(2,3)4)10-20-9-8-17-11-20/h8-9,11-14,18H,5-7,10H2,1-4H3,(H,19,21). The average molecular weight is 292 g/mol. The van der Waals surface area contributed by atoms with Gasteiger partial charge >= 0.3 is 0 Å². The van der Waals surface area contributed by atoms with Gasteiger partial charge in [0.2, 0.25) is 5.91 Å². The van der Waals surface area contributed by atoms with E-state index in [0.717, 1.165) is 25.9 Å². The van der Waals surface area contributed by atoms with Crippen LogP contribution in [0.1, 0.15) is 40.5 Å². The molecule has 2 heterocycles. The summed E-state index contributed by atoms with van der Waals surface area (Å²) in [4.78, 5) is 16.7. The van der Waals surface area contributed by atoms with E-state index in [-0.39, 0.29) is 23.4 Å². The van der Waals surface area contributed by atoms with Crippen LogP contribution < -0.4 is 10.6 Å². The normalized spacial score (nSPS) is 24.6. The minimum absolute atomic E-state index is 0.00215. The molecule has 1 aliphatic rings. The van der Waals surface area contributed by atoms with Crippen molar-refractivity contribution in [2.45, 2.75) is 59.2 Å². The Balaban J connectivity index is 2.02. The number of hydrogen-bond donors (Lipinski definition) is 2. The van der Waals surface area contributed by atoms with Gasteiger partial charge in [-0.3, -0.25) is 4.79 Å². The predicted molar refractivity (Wildman–Crippen MR) is 83.8 cm³/mol. The van der Waals surface area contributed by atoms with E-state index in [1.54, 1.807) is 12.5 Å². The number of rotatable bonds is 4. The van der Waals surface area contributed by atoms with Crippen LogP contribution in [-0.2, 0) is 11.3 Å². The summed E-state index contributed by atoms with van der Waals surface area (Å²) >= 11 is 0. The Kier molecular flexibility index (Phi) is 5.04. The Morgan fingerprint density at radius 1 is 1.52 bits per heavy atom. The van der Waals surface area contributed by atoms with E-state index < -0.39 is 0 Å². The number of nitrogens with one attached hydrogen (secondary N) is 2. The van der Waals surface area contributed by atoms with Crippen molar-refractivity contribution in [2.75, 3.05) is 6.54 Å². The van der Waals surface area contributed by atoms with Crippen LogP contribution in [0, 0.1) is 11.3 Å². The molecule has 118 valence electrons. The molecule has 1 saturated heterocycles. The van der Waals surface area contributed by atoms with Crippen molar-refractivity contribution in [3.63, 3.8) is 0 Å². The van der Waals surface area contributed by atoms with Crippen LogP contribution in [0.2, 0.25) is 0 Å². The molecule has 3 unspecified atom stereocenters. The molecule has 0 aliphatic carbocycles. The summed E-state index contributed by atoms with van der Waals surface area (Å²) in [6, 6.07) is 0.0153. The van der Waals surface area contributed by atoms with Crippen molar-refractivity contribution in [3.05, 3.63) is 18.7 Å². The molecule has 0 spiro atoms. The Morgan fingerprint density at radius 3 is 2.86 bits per heavy atom. The molecule has 1 amide bonds. The fourth-order valence-electron chi connectivity index (χ4n) is 2.80. The maximum absolute atomic E-state index is 12.6. The number of carbonyl (C=O) groups is 1. The molecule has 0 aromatic carbocycles. The van der Waals surface area contributed by atoms with E-state index >= 15 is 0 Å². The molecular weight excluding hydrogens is 264 g/mol. The van der Waals surface area contributed by atoms with Crippen molar-refractivity contribution in [3.8, 4) is 0 Å². The monoisotopic (exact) mass is 292 g/mol. The second-order valence-corrected chi connectivity index (χ2v) is 7.24. The van der Waals surface area contributed by atoms with Gasteiger partial charge in [-0.1, -0.05) is 27.7 Å². The molecule has 2 N–H and O–H groups in total. The van der Waals surface area contributed by atoms with Crippen molar-refractivity contribution in [1.29, 1.82) is 0 Å². The number of amides is 1. The van der Waals surface area contributed by atoms with Crippen LogP contribution in [0.4, 0.5) is 0 Å². The second-order valence-electron chi connectivity index (χ2n) is 7.24. The molecule has 5 nitrogen and oxygen atoms in total. The summed E-state index contributed by atoms with van der Waals surface area (Å²) in [6.07, 6.45) is 7.78. The molecule has 1 fully saturated rings. The molecule has 0 saturated carbocycles. The van der Waals surface area contributed by atoms with Crippen LogP contribution in [0.15, 0.2) is 18.7 Å². The molecule has 0 bridgehead atoms. The van der Waals surface area contributed by atoms with Gasteiger partial charge in [0, 0.05) is 18.9 Å². The zero-order valence-electron chi connectivity index (χ0n) is 13.6. The molecule has 3 atom stereocenters. The van der Waals surface area contributed by atoms with Gasteiger partial charge in [-0.25, -0.2) is 4.98 Å². The smallest absolute Gasteiger partial charge is 0.237 e. The first-order chi connectivity index (χ1) is 9.88. The van der Waals surface area contributed by atoms with E-state index in [0.29, 0.717) is 5.92 Å². The molecule has 1 aliphatic heterocycles. The lowest BCUT2D eigenvalue weighted by atomic mass is 9.85. The van der Waals surface area contributed by atoms with Gasteiger partial charge in [-0.05, 0) is 30.7 Å². The predicted octanol–water partition coefficient (Wildman–Crippen LogP) is 1.80. The Morgan fingerprint density at radius 2 is 2.29 bits per heavy atom. The zero-order valence-corrected chi connectivity index (χ0v) is 13.6. The van der Waals surface area contributed by atoms with Crippen molar-refractivity contribution in [1.82, 2.24) is 20.2 Å². The van der Waals surface area contributed by atoms with Crippen LogP contribution in [0.25, 0.3) is 0 Å². The topological polar surface area (TPSA) is 59.0 Å². The molecule has 2 rings (SSSR count). The first-order valence-corrected chi connectivity index (χ1v) is 7.87. The average Bonchev–Trinajstić information content (AvgIpc) is 2.90. The highest BCUT2D eigenvalue weighted by Gasteiger charge is 2.32. The van der Waals surface area contributed by atoms with Crippen molar-refractivity contribution >= 4 is 5.91 Å². The highest BCUT2D eigenvalue weighted by Crippen LogP contribution is 2.22. The highest BCUT2D eigenvalue weighted by atomic mass is 16.2. The molecule has 5 heteroatoms. The molecule has 0 radical (unpaired) electrons. The van der Waals surface area contributed by atoms with E-state index in [4.69, 9.17) is 0 Å². The summed E-state index contributed by atoms with van der Waals surface area (Å²) < 4.78 is 2.02. The third kappa shape index (κ3) is 4.30. The lowest BCUT2D eigenvalue weighted by Crippen LogP contribution is -2.56. The fourth-order valence-corrected chi connectivity index (χ4v) is 2.80. The lowest BCUT2D eigenvalue weighted by molar-refractivity contribution is -0.126. The van der Waals surface area contributed by atoms with Crippen molar-refractivity contribution in [2.24, 2.45) is 11.3 Å². The van der Waals surface area contributed by atoms with Gasteiger partial charge in [0.15, 0.2) is 0 Å². The minimum atomic E-state index is -0.0635. The lowest BCUT2D eigenvalue weighted by Gasteiger charge is -2.35. The van der Waals surface area contributed by atoms with Crippen LogP contribution in [-0.4, -0.2) is 34.1 Å². The van der Waals surface area contributed by atoms with Crippen LogP contribution in [0.5, 0.6) is 0 Å². The zero-order chi connectivity index (χ0) is 15.5.